The molecule has 118 valence electrons. The minimum Gasteiger partial charge on any atom is -0.107 e. The maximum absolute atomic E-state index is 5.22. The van der Waals surface area contributed by atoms with Gasteiger partial charge in [-0.1, -0.05) is 96.2 Å². The monoisotopic (exact) mass is 332 g/mol. The minimum absolute atomic E-state index is 0.829. The van der Waals surface area contributed by atoms with Gasteiger partial charge in [0.05, 0.1) is 0 Å². The lowest BCUT2D eigenvalue weighted by molar-refractivity contribution is 0.539. The van der Waals surface area contributed by atoms with E-state index in [0.717, 1.165) is 5.25 Å². The summed E-state index contributed by atoms with van der Waals surface area (Å²) >= 11 is 9.04. The van der Waals surface area contributed by atoms with Crippen molar-refractivity contribution in [3.63, 3.8) is 0 Å². The lowest BCUT2D eigenvalue weighted by atomic mass is 10.0. The SMILES string of the molecule is CCCCCCCCCCCCCCC1CSC(=S)S1. The molecule has 0 aromatic rings. The van der Waals surface area contributed by atoms with E-state index in [1.165, 1.54) is 92.8 Å². The molecule has 1 rings (SSSR count). The van der Waals surface area contributed by atoms with Crippen LogP contribution in [0.25, 0.3) is 0 Å². The van der Waals surface area contributed by atoms with Crippen LogP contribution in [-0.4, -0.2) is 14.5 Å². The van der Waals surface area contributed by atoms with Crippen molar-refractivity contribution >= 4 is 39.3 Å². The average molecular weight is 333 g/mol. The van der Waals surface area contributed by atoms with E-state index < -0.39 is 0 Å². The van der Waals surface area contributed by atoms with Gasteiger partial charge in [-0.3, -0.25) is 0 Å². The van der Waals surface area contributed by atoms with E-state index in [1.807, 2.05) is 23.5 Å². The molecule has 20 heavy (non-hydrogen) atoms. The Morgan fingerprint density at radius 2 is 1.35 bits per heavy atom. The van der Waals surface area contributed by atoms with Crippen molar-refractivity contribution in [1.29, 1.82) is 0 Å². The first-order chi connectivity index (χ1) is 9.83. The zero-order valence-corrected chi connectivity index (χ0v) is 15.7. The summed E-state index contributed by atoms with van der Waals surface area (Å²) in [6, 6.07) is 0. The van der Waals surface area contributed by atoms with Crippen molar-refractivity contribution in [1.82, 2.24) is 0 Å². The first-order valence-electron chi connectivity index (χ1n) is 8.66. The predicted octanol–water partition coefficient (Wildman–Crippen LogP) is 7.21. The molecule has 0 radical (unpaired) electrons. The minimum atomic E-state index is 0.829. The van der Waals surface area contributed by atoms with E-state index in [9.17, 15) is 0 Å². The van der Waals surface area contributed by atoms with Gasteiger partial charge in [0.25, 0.3) is 0 Å². The van der Waals surface area contributed by atoms with Crippen LogP contribution in [0.15, 0.2) is 0 Å². The van der Waals surface area contributed by atoms with Gasteiger partial charge in [0.1, 0.15) is 3.53 Å². The second-order valence-corrected chi connectivity index (χ2v) is 9.50. The largest absolute Gasteiger partial charge is 0.107 e. The van der Waals surface area contributed by atoms with E-state index in [2.05, 4.69) is 6.92 Å². The Morgan fingerprint density at radius 3 is 1.80 bits per heavy atom. The van der Waals surface area contributed by atoms with E-state index in [0.29, 0.717) is 0 Å². The zero-order chi connectivity index (χ0) is 14.5. The van der Waals surface area contributed by atoms with Crippen LogP contribution in [0.3, 0.4) is 0 Å². The number of hydrogen-bond donors (Lipinski definition) is 0. The van der Waals surface area contributed by atoms with Crippen LogP contribution < -0.4 is 0 Å². The lowest BCUT2D eigenvalue weighted by Crippen LogP contribution is -2.00. The summed E-state index contributed by atoms with van der Waals surface area (Å²) in [5.41, 5.74) is 0. The highest BCUT2D eigenvalue weighted by Gasteiger charge is 2.19. The topological polar surface area (TPSA) is 0 Å². The maximum Gasteiger partial charge on any atom is 0.104 e. The number of unbranched alkanes of at least 4 members (excludes halogenated alkanes) is 11. The van der Waals surface area contributed by atoms with Crippen molar-refractivity contribution in [2.24, 2.45) is 0 Å². The van der Waals surface area contributed by atoms with Crippen LogP contribution >= 0.6 is 35.7 Å². The van der Waals surface area contributed by atoms with Crippen LogP contribution in [0.5, 0.6) is 0 Å². The van der Waals surface area contributed by atoms with Gasteiger partial charge in [0, 0.05) is 11.0 Å². The molecule has 0 aromatic carbocycles. The second-order valence-electron chi connectivity index (χ2n) is 5.98. The van der Waals surface area contributed by atoms with Gasteiger partial charge in [-0.2, -0.15) is 0 Å². The van der Waals surface area contributed by atoms with Gasteiger partial charge in [0.2, 0.25) is 0 Å². The molecule has 1 atom stereocenters. The number of thiocarbonyl (C=S) groups is 1. The number of hydrogen-bond acceptors (Lipinski definition) is 3. The highest BCUT2D eigenvalue weighted by molar-refractivity contribution is 8.49. The third-order valence-corrected chi connectivity index (χ3v) is 7.26. The van der Waals surface area contributed by atoms with E-state index in [1.54, 1.807) is 0 Å². The molecule has 1 aliphatic heterocycles. The summed E-state index contributed by atoms with van der Waals surface area (Å²) in [7, 11) is 0. The van der Waals surface area contributed by atoms with Crippen molar-refractivity contribution < 1.29 is 0 Å². The van der Waals surface area contributed by atoms with E-state index >= 15 is 0 Å². The molecule has 1 aliphatic rings. The molecule has 0 N–H and O–H groups in total. The molecule has 0 bridgehead atoms. The summed E-state index contributed by atoms with van der Waals surface area (Å²) in [5, 5.41) is 0.829. The summed E-state index contributed by atoms with van der Waals surface area (Å²) in [6.07, 6.45) is 18.7. The van der Waals surface area contributed by atoms with Crippen LogP contribution in [-0.2, 0) is 0 Å². The van der Waals surface area contributed by atoms with Gasteiger partial charge in [-0.15, -0.1) is 23.5 Å². The standard InChI is InChI=1S/C17H32S3/c1-2-3-4-5-6-7-8-9-10-11-12-13-14-16-15-19-17(18)20-16/h16H,2-15H2,1H3. The van der Waals surface area contributed by atoms with Gasteiger partial charge >= 0.3 is 0 Å². The Hall–Kier alpha value is 0.790. The summed E-state index contributed by atoms with van der Waals surface area (Å²) < 4.78 is 1.17. The second kappa shape index (κ2) is 13.5. The summed E-state index contributed by atoms with van der Waals surface area (Å²) in [4.78, 5) is 0. The number of rotatable bonds is 13. The molecule has 0 aliphatic carbocycles. The molecule has 1 unspecified atom stereocenters. The Kier molecular flexibility index (Phi) is 12.7. The van der Waals surface area contributed by atoms with Gasteiger partial charge in [0.15, 0.2) is 0 Å². The van der Waals surface area contributed by atoms with Crippen LogP contribution in [0.1, 0.15) is 90.4 Å². The fraction of sp³-hybridized carbons (Fsp3) is 0.941. The van der Waals surface area contributed by atoms with Crippen LogP contribution in [0, 0.1) is 0 Å². The molecular formula is C17H32S3. The molecule has 0 nitrogen and oxygen atoms in total. The number of thioether (sulfide) groups is 2. The third-order valence-electron chi connectivity index (χ3n) is 4.03. The van der Waals surface area contributed by atoms with Crippen molar-refractivity contribution in [3.05, 3.63) is 0 Å². The van der Waals surface area contributed by atoms with Crippen LogP contribution in [0.4, 0.5) is 0 Å². The van der Waals surface area contributed by atoms with E-state index in [-0.39, 0.29) is 0 Å². The highest BCUT2D eigenvalue weighted by Crippen LogP contribution is 2.35. The molecule has 0 saturated carbocycles. The lowest BCUT2D eigenvalue weighted by Gasteiger charge is -2.06. The Morgan fingerprint density at radius 1 is 0.850 bits per heavy atom. The highest BCUT2D eigenvalue weighted by atomic mass is 32.2. The predicted molar refractivity (Wildman–Crippen MR) is 102 cm³/mol. The van der Waals surface area contributed by atoms with Crippen molar-refractivity contribution in [3.8, 4) is 0 Å². The molecule has 0 spiro atoms. The maximum atomic E-state index is 5.22. The molecule has 0 amide bonds. The molecule has 1 saturated heterocycles. The molecule has 3 heteroatoms. The first-order valence-corrected chi connectivity index (χ1v) is 10.9. The third kappa shape index (κ3) is 10.5. The van der Waals surface area contributed by atoms with Crippen molar-refractivity contribution in [2.45, 2.75) is 95.6 Å². The average Bonchev–Trinajstić information content (AvgIpc) is 2.86. The molecular weight excluding hydrogens is 300 g/mol. The van der Waals surface area contributed by atoms with E-state index in [4.69, 9.17) is 12.2 Å². The smallest absolute Gasteiger partial charge is 0.104 e. The zero-order valence-electron chi connectivity index (χ0n) is 13.2. The fourth-order valence-electron chi connectivity index (χ4n) is 2.72. The van der Waals surface area contributed by atoms with Crippen molar-refractivity contribution in [2.75, 3.05) is 5.75 Å². The Balaban J connectivity index is 1.71. The summed E-state index contributed by atoms with van der Waals surface area (Å²) in [6.45, 7) is 2.29. The Bertz CT molecular complexity index is 240. The summed E-state index contributed by atoms with van der Waals surface area (Å²) in [5.74, 6) is 1.27. The first kappa shape index (κ1) is 18.8. The normalized spacial score (nSPS) is 18.9. The van der Waals surface area contributed by atoms with Gasteiger partial charge < -0.3 is 0 Å². The van der Waals surface area contributed by atoms with Crippen LogP contribution in [0.2, 0.25) is 0 Å². The molecule has 0 aromatic heterocycles. The molecule has 1 fully saturated rings. The van der Waals surface area contributed by atoms with Gasteiger partial charge in [-0.25, -0.2) is 0 Å². The quantitative estimate of drug-likeness (QED) is 0.258. The Labute approximate surface area is 140 Å². The van der Waals surface area contributed by atoms with Gasteiger partial charge in [-0.05, 0) is 6.42 Å². The fourth-order valence-corrected chi connectivity index (χ4v) is 5.74. The molecule has 1 heterocycles.